The van der Waals surface area contributed by atoms with Crippen LogP contribution in [0.25, 0.3) is 0 Å². The molecule has 9 heteroatoms. The fourth-order valence-electron chi connectivity index (χ4n) is 2.89. The zero-order chi connectivity index (χ0) is 18.1. The summed E-state index contributed by atoms with van der Waals surface area (Å²) in [5, 5.41) is 2.76. The van der Waals surface area contributed by atoms with Gasteiger partial charge in [0.05, 0.1) is 12.2 Å². The maximum absolute atomic E-state index is 12.6. The Morgan fingerprint density at radius 1 is 1.32 bits per heavy atom. The number of halogens is 3. The van der Waals surface area contributed by atoms with Crippen LogP contribution in [0.5, 0.6) is 5.75 Å². The molecule has 1 N–H and O–H groups in total. The van der Waals surface area contributed by atoms with E-state index in [0.29, 0.717) is 18.6 Å². The Balaban J connectivity index is 1.51. The van der Waals surface area contributed by atoms with Gasteiger partial charge in [0.15, 0.2) is 0 Å². The Kier molecular flexibility index (Phi) is 4.86. The number of benzene rings is 1. The van der Waals surface area contributed by atoms with E-state index >= 15 is 0 Å². The summed E-state index contributed by atoms with van der Waals surface area (Å²) >= 11 is 1.63. The summed E-state index contributed by atoms with van der Waals surface area (Å²) < 4.78 is 43.3. The third-order valence-corrected chi connectivity index (χ3v) is 5.41. The number of nitrogens with zero attached hydrogens (tertiary/aromatic N) is 1. The molecule has 0 saturated carbocycles. The monoisotopic (exact) mass is 374 g/mol. The van der Waals surface area contributed by atoms with E-state index in [4.69, 9.17) is 4.74 Å². The molecule has 2 saturated heterocycles. The average molecular weight is 374 g/mol. The molecule has 136 valence electrons. The maximum Gasteiger partial charge on any atom is 0.416 e. The van der Waals surface area contributed by atoms with Gasteiger partial charge in [0, 0.05) is 12.3 Å². The first-order valence-electron chi connectivity index (χ1n) is 7.84. The van der Waals surface area contributed by atoms with E-state index in [0.717, 1.165) is 17.9 Å². The molecule has 1 aromatic rings. The van der Waals surface area contributed by atoms with Crippen molar-refractivity contribution >= 4 is 23.7 Å². The van der Waals surface area contributed by atoms with Crippen molar-refractivity contribution in [1.82, 2.24) is 10.2 Å². The first-order chi connectivity index (χ1) is 11.8. The fraction of sp³-hybridized carbons (Fsp3) is 0.500. The lowest BCUT2D eigenvalue weighted by Crippen LogP contribution is -2.47. The van der Waals surface area contributed by atoms with Crippen molar-refractivity contribution in [3.05, 3.63) is 29.8 Å². The van der Waals surface area contributed by atoms with Crippen LogP contribution >= 0.6 is 11.8 Å². The van der Waals surface area contributed by atoms with Gasteiger partial charge in [-0.25, -0.2) is 4.79 Å². The van der Waals surface area contributed by atoms with Crippen molar-refractivity contribution in [1.29, 1.82) is 0 Å². The third kappa shape index (κ3) is 3.70. The van der Waals surface area contributed by atoms with Gasteiger partial charge in [-0.2, -0.15) is 24.9 Å². The lowest BCUT2D eigenvalue weighted by atomic mass is 9.99. The highest BCUT2D eigenvalue weighted by molar-refractivity contribution is 7.99. The van der Waals surface area contributed by atoms with Crippen molar-refractivity contribution in [3.63, 3.8) is 0 Å². The molecule has 0 radical (unpaired) electrons. The Morgan fingerprint density at radius 2 is 2.12 bits per heavy atom. The number of nitrogens with one attached hydrogen (secondary N) is 1. The Morgan fingerprint density at radius 3 is 2.80 bits per heavy atom. The van der Waals surface area contributed by atoms with Gasteiger partial charge in [-0.05, 0) is 36.8 Å². The van der Waals surface area contributed by atoms with Gasteiger partial charge in [0.2, 0.25) is 0 Å². The van der Waals surface area contributed by atoms with E-state index in [1.165, 1.54) is 17.0 Å². The number of imide groups is 1. The molecule has 3 rings (SSSR count). The number of ether oxygens (including phenoxy) is 1. The minimum absolute atomic E-state index is 0.107. The molecule has 5 nitrogen and oxygen atoms in total. The van der Waals surface area contributed by atoms with Crippen LogP contribution in [0.2, 0.25) is 0 Å². The molecule has 2 aliphatic rings. The van der Waals surface area contributed by atoms with Gasteiger partial charge in [-0.15, -0.1) is 0 Å². The number of alkyl halides is 3. The van der Waals surface area contributed by atoms with Crippen molar-refractivity contribution in [3.8, 4) is 5.75 Å². The number of hydrogen-bond acceptors (Lipinski definition) is 4. The van der Waals surface area contributed by atoms with Crippen LogP contribution in [0.15, 0.2) is 24.3 Å². The van der Waals surface area contributed by atoms with Crippen molar-refractivity contribution < 1.29 is 27.5 Å². The summed E-state index contributed by atoms with van der Waals surface area (Å²) in [5.74, 6) is 1.30. The van der Waals surface area contributed by atoms with E-state index in [-0.39, 0.29) is 24.8 Å². The van der Waals surface area contributed by atoms with Crippen molar-refractivity contribution in [2.45, 2.75) is 24.6 Å². The summed E-state index contributed by atoms with van der Waals surface area (Å²) in [5.41, 5.74) is -1.55. The quantitative estimate of drug-likeness (QED) is 0.636. The maximum atomic E-state index is 12.6. The molecule has 2 aliphatic heterocycles. The molecule has 1 spiro atoms. The van der Waals surface area contributed by atoms with E-state index in [1.54, 1.807) is 11.8 Å². The lowest BCUT2D eigenvalue weighted by Gasteiger charge is -2.19. The van der Waals surface area contributed by atoms with Crippen LogP contribution in [-0.2, 0) is 11.0 Å². The number of amides is 3. The highest BCUT2D eigenvalue weighted by Gasteiger charge is 2.52. The minimum Gasteiger partial charge on any atom is -0.494 e. The second kappa shape index (κ2) is 6.78. The van der Waals surface area contributed by atoms with Gasteiger partial charge in [-0.3, -0.25) is 9.69 Å². The standard InChI is InChI=1S/C16H17F3N2O3S/c17-16(18,19)11-3-1-4-12(9-11)24-7-2-6-21-13(22)15(20-14(21)23)5-8-25-10-15/h1,3-4,9H,2,5-8,10H2,(H,20,23)/t15-/m1/s1. The molecule has 2 fully saturated rings. The van der Waals surface area contributed by atoms with Crippen LogP contribution in [0, 0.1) is 0 Å². The predicted octanol–water partition coefficient (Wildman–Crippen LogP) is 2.90. The second-order valence-corrected chi connectivity index (χ2v) is 7.10. The SMILES string of the molecule is O=C1N[C@@]2(CCSC2)C(=O)N1CCCOc1cccc(C(F)(F)F)c1. The van der Waals surface area contributed by atoms with E-state index < -0.39 is 23.3 Å². The smallest absolute Gasteiger partial charge is 0.416 e. The van der Waals surface area contributed by atoms with Gasteiger partial charge < -0.3 is 10.1 Å². The van der Waals surface area contributed by atoms with Gasteiger partial charge in [0.1, 0.15) is 11.3 Å². The van der Waals surface area contributed by atoms with Crippen LogP contribution < -0.4 is 10.1 Å². The molecule has 25 heavy (non-hydrogen) atoms. The number of carbonyl (C=O) groups is 2. The minimum atomic E-state index is -4.42. The molecule has 1 aromatic carbocycles. The first kappa shape index (κ1) is 17.9. The third-order valence-electron chi connectivity index (χ3n) is 4.22. The number of thioether (sulfide) groups is 1. The van der Waals surface area contributed by atoms with E-state index in [2.05, 4.69) is 5.32 Å². The molecule has 0 aliphatic carbocycles. The Labute approximate surface area is 146 Å². The zero-order valence-electron chi connectivity index (χ0n) is 13.3. The van der Waals surface area contributed by atoms with Crippen LogP contribution in [0.1, 0.15) is 18.4 Å². The average Bonchev–Trinajstić information content (AvgIpc) is 3.11. The molecule has 3 amide bonds. The number of urea groups is 1. The summed E-state index contributed by atoms with van der Waals surface area (Å²) in [7, 11) is 0. The number of rotatable bonds is 5. The van der Waals surface area contributed by atoms with E-state index in [1.807, 2.05) is 0 Å². The highest BCUT2D eigenvalue weighted by Crippen LogP contribution is 2.33. The topological polar surface area (TPSA) is 58.6 Å². The zero-order valence-corrected chi connectivity index (χ0v) is 14.1. The van der Waals surface area contributed by atoms with Gasteiger partial charge in [0.25, 0.3) is 5.91 Å². The molecular formula is C16H17F3N2O3S. The van der Waals surface area contributed by atoms with Crippen LogP contribution in [0.3, 0.4) is 0 Å². The Bertz CT molecular complexity index is 675. The van der Waals surface area contributed by atoms with Crippen LogP contribution in [-0.4, -0.2) is 47.0 Å². The molecule has 1 atom stereocenters. The molecule has 0 bridgehead atoms. The molecular weight excluding hydrogens is 357 g/mol. The van der Waals surface area contributed by atoms with Crippen molar-refractivity contribution in [2.24, 2.45) is 0 Å². The highest BCUT2D eigenvalue weighted by atomic mass is 32.2. The second-order valence-electron chi connectivity index (χ2n) is 6.00. The summed E-state index contributed by atoms with van der Waals surface area (Å²) in [4.78, 5) is 25.6. The van der Waals surface area contributed by atoms with E-state index in [9.17, 15) is 22.8 Å². The van der Waals surface area contributed by atoms with Crippen LogP contribution in [0.4, 0.5) is 18.0 Å². The first-order valence-corrected chi connectivity index (χ1v) is 8.99. The summed E-state index contributed by atoms with van der Waals surface area (Å²) in [6.45, 7) is 0.288. The normalized spacial score (nSPS) is 23.4. The van der Waals surface area contributed by atoms with Crippen molar-refractivity contribution in [2.75, 3.05) is 24.7 Å². The van der Waals surface area contributed by atoms with Gasteiger partial charge >= 0.3 is 12.2 Å². The number of carbonyl (C=O) groups excluding carboxylic acids is 2. The molecule has 2 heterocycles. The summed E-state index contributed by atoms with van der Waals surface area (Å²) in [6.07, 6.45) is -3.45. The Hall–Kier alpha value is -1.90. The predicted molar refractivity (Wildman–Crippen MR) is 86.5 cm³/mol. The summed E-state index contributed by atoms with van der Waals surface area (Å²) in [6, 6.07) is 4.20. The lowest BCUT2D eigenvalue weighted by molar-refractivity contribution is -0.137. The molecule has 0 unspecified atom stereocenters. The molecule has 0 aromatic heterocycles. The fourth-order valence-corrected chi connectivity index (χ4v) is 4.21. The number of hydrogen-bond donors (Lipinski definition) is 1. The van der Waals surface area contributed by atoms with Gasteiger partial charge in [-0.1, -0.05) is 6.07 Å². The largest absolute Gasteiger partial charge is 0.494 e.